The molecule has 1 saturated heterocycles. The van der Waals surface area contributed by atoms with Gasteiger partial charge in [0.2, 0.25) is 5.89 Å². The fourth-order valence-corrected chi connectivity index (χ4v) is 3.94. The third-order valence-electron chi connectivity index (χ3n) is 5.14. The predicted molar refractivity (Wildman–Crippen MR) is 90.0 cm³/mol. The van der Waals surface area contributed by atoms with Crippen molar-refractivity contribution < 1.29 is 14.4 Å². The van der Waals surface area contributed by atoms with Gasteiger partial charge in [-0.25, -0.2) is 4.79 Å². The Kier molecular flexibility index (Phi) is 4.07. The lowest BCUT2D eigenvalue weighted by molar-refractivity contribution is 0.184. The van der Waals surface area contributed by atoms with Crippen molar-refractivity contribution in [2.75, 3.05) is 6.54 Å². The van der Waals surface area contributed by atoms with Crippen LogP contribution < -0.4 is 5.32 Å². The van der Waals surface area contributed by atoms with Crippen LogP contribution in [0.15, 0.2) is 22.7 Å². The highest BCUT2D eigenvalue weighted by atomic mass is 16.5. The molecule has 1 aliphatic carbocycles. The number of aryl methyl sites for hydroxylation is 1. The van der Waals surface area contributed by atoms with Gasteiger partial charge in [0.25, 0.3) is 0 Å². The molecule has 2 unspecified atom stereocenters. The van der Waals surface area contributed by atoms with Gasteiger partial charge in [-0.1, -0.05) is 17.3 Å². The SMILES string of the molecule is Cc1nc(C2CCCN2C(=O)NC2CCCc3c(O)cccc32)no1. The minimum Gasteiger partial charge on any atom is -0.508 e. The van der Waals surface area contributed by atoms with E-state index in [4.69, 9.17) is 4.52 Å². The number of carbonyl (C=O) groups is 1. The third-order valence-corrected chi connectivity index (χ3v) is 5.14. The molecule has 2 atom stereocenters. The highest BCUT2D eigenvalue weighted by molar-refractivity contribution is 5.75. The molecule has 7 heteroatoms. The molecule has 1 aliphatic heterocycles. The molecule has 132 valence electrons. The van der Waals surface area contributed by atoms with Gasteiger partial charge in [-0.3, -0.25) is 0 Å². The summed E-state index contributed by atoms with van der Waals surface area (Å²) >= 11 is 0. The van der Waals surface area contributed by atoms with E-state index in [-0.39, 0.29) is 18.1 Å². The molecule has 0 radical (unpaired) electrons. The van der Waals surface area contributed by atoms with Crippen molar-refractivity contribution in [2.24, 2.45) is 0 Å². The van der Waals surface area contributed by atoms with Crippen molar-refractivity contribution in [3.8, 4) is 5.75 Å². The van der Waals surface area contributed by atoms with Gasteiger partial charge in [0.15, 0.2) is 5.82 Å². The standard InChI is InChI=1S/C18H22N4O3/c1-11-19-17(21-25-11)15-8-4-10-22(15)18(24)20-14-7-2-6-13-12(14)5-3-9-16(13)23/h3,5,9,14-15,23H,2,4,6-8,10H2,1H3,(H,20,24). The fourth-order valence-electron chi connectivity index (χ4n) is 3.94. The zero-order valence-corrected chi connectivity index (χ0v) is 14.2. The molecule has 1 aromatic heterocycles. The number of benzene rings is 1. The zero-order valence-electron chi connectivity index (χ0n) is 14.2. The summed E-state index contributed by atoms with van der Waals surface area (Å²) in [6.45, 7) is 2.44. The van der Waals surface area contributed by atoms with E-state index in [0.29, 0.717) is 24.0 Å². The number of phenolic OH excluding ortho intramolecular Hbond substituents is 1. The maximum absolute atomic E-state index is 12.9. The summed E-state index contributed by atoms with van der Waals surface area (Å²) in [5.41, 5.74) is 1.97. The van der Waals surface area contributed by atoms with Crippen molar-refractivity contribution in [3.05, 3.63) is 41.0 Å². The summed E-state index contributed by atoms with van der Waals surface area (Å²) in [6, 6.07) is 5.22. The molecule has 0 bridgehead atoms. The zero-order chi connectivity index (χ0) is 17.4. The highest BCUT2D eigenvalue weighted by Crippen LogP contribution is 2.36. The maximum atomic E-state index is 12.9. The van der Waals surface area contributed by atoms with E-state index in [9.17, 15) is 9.90 Å². The van der Waals surface area contributed by atoms with Gasteiger partial charge < -0.3 is 19.8 Å². The third kappa shape index (κ3) is 2.94. The minimum atomic E-state index is -0.135. The van der Waals surface area contributed by atoms with Crippen LogP contribution in [0, 0.1) is 6.92 Å². The summed E-state index contributed by atoms with van der Waals surface area (Å²) in [5, 5.41) is 17.2. The molecule has 4 rings (SSSR count). The molecule has 2 amide bonds. The van der Waals surface area contributed by atoms with E-state index in [2.05, 4.69) is 15.5 Å². The van der Waals surface area contributed by atoms with Crippen LogP contribution in [0.4, 0.5) is 4.79 Å². The number of hydrogen-bond acceptors (Lipinski definition) is 5. The van der Waals surface area contributed by atoms with E-state index >= 15 is 0 Å². The van der Waals surface area contributed by atoms with Crippen molar-refractivity contribution in [1.29, 1.82) is 0 Å². The number of aromatic nitrogens is 2. The van der Waals surface area contributed by atoms with Gasteiger partial charge in [0, 0.05) is 13.5 Å². The Morgan fingerprint density at radius 2 is 2.24 bits per heavy atom. The first kappa shape index (κ1) is 15.9. The summed E-state index contributed by atoms with van der Waals surface area (Å²) in [5.74, 6) is 1.41. The van der Waals surface area contributed by atoms with Gasteiger partial charge in [0.1, 0.15) is 5.75 Å². The summed E-state index contributed by atoms with van der Waals surface area (Å²) in [7, 11) is 0. The monoisotopic (exact) mass is 342 g/mol. The number of phenols is 1. The van der Waals surface area contributed by atoms with Crippen LogP contribution in [-0.4, -0.2) is 32.7 Å². The molecule has 2 heterocycles. The van der Waals surface area contributed by atoms with Crippen LogP contribution in [0.3, 0.4) is 0 Å². The second-order valence-corrected chi connectivity index (χ2v) is 6.76. The van der Waals surface area contributed by atoms with Gasteiger partial charge >= 0.3 is 6.03 Å². The van der Waals surface area contributed by atoms with Gasteiger partial charge in [-0.2, -0.15) is 4.98 Å². The average molecular weight is 342 g/mol. The fraction of sp³-hybridized carbons (Fsp3) is 0.500. The van der Waals surface area contributed by atoms with Crippen LogP contribution in [0.25, 0.3) is 0 Å². The van der Waals surface area contributed by atoms with Gasteiger partial charge in [-0.15, -0.1) is 0 Å². The number of fused-ring (bicyclic) bond motifs is 1. The first-order valence-electron chi connectivity index (χ1n) is 8.81. The predicted octanol–water partition coefficient (Wildman–Crippen LogP) is 3.01. The maximum Gasteiger partial charge on any atom is 0.318 e. The topological polar surface area (TPSA) is 91.5 Å². The van der Waals surface area contributed by atoms with Gasteiger partial charge in [-0.05, 0) is 49.3 Å². The molecular formula is C18H22N4O3. The smallest absolute Gasteiger partial charge is 0.318 e. The first-order valence-corrected chi connectivity index (χ1v) is 8.81. The summed E-state index contributed by atoms with van der Waals surface area (Å²) in [6.07, 6.45) is 4.44. The summed E-state index contributed by atoms with van der Waals surface area (Å²) < 4.78 is 5.07. The van der Waals surface area contributed by atoms with Crippen molar-refractivity contribution in [2.45, 2.75) is 51.1 Å². The number of carbonyl (C=O) groups excluding carboxylic acids is 1. The van der Waals surface area contributed by atoms with Crippen LogP contribution in [0.2, 0.25) is 0 Å². The Balaban J connectivity index is 1.52. The molecule has 2 aromatic rings. The minimum absolute atomic E-state index is 0.0726. The quantitative estimate of drug-likeness (QED) is 0.875. The summed E-state index contributed by atoms with van der Waals surface area (Å²) in [4.78, 5) is 18.9. The molecule has 2 aliphatic rings. The number of aromatic hydroxyl groups is 1. The number of hydrogen-bond donors (Lipinski definition) is 2. The lowest BCUT2D eigenvalue weighted by atomic mass is 9.87. The van der Waals surface area contributed by atoms with E-state index in [1.807, 2.05) is 12.1 Å². The van der Waals surface area contributed by atoms with E-state index < -0.39 is 0 Å². The molecular weight excluding hydrogens is 320 g/mol. The Morgan fingerprint density at radius 3 is 3.04 bits per heavy atom. The van der Waals surface area contributed by atoms with Crippen LogP contribution in [0.5, 0.6) is 5.75 Å². The molecule has 1 fully saturated rings. The molecule has 0 saturated carbocycles. The molecule has 25 heavy (non-hydrogen) atoms. The number of amides is 2. The highest BCUT2D eigenvalue weighted by Gasteiger charge is 2.35. The van der Waals surface area contributed by atoms with Crippen LogP contribution in [0.1, 0.15) is 60.6 Å². The van der Waals surface area contributed by atoms with Crippen molar-refractivity contribution >= 4 is 6.03 Å². The van der Waals surface area contributed by atoms with Crippen LogP contribution >= 0.6 is 0 Å². The van der Waals surface area contributed by atoms with E-state index in [0.717, 1.165) is 43.2 Å². The molecule has 1 aromatic carbocycles. The number of urea groups is 1. The first-order chi connectivity index (χ1) is 12.1. The van der Waals surface area contributed by atoms with Crippen LogP contribution in [-0.2, 0) is 6.42 Å². The Hall–Kier alpha value is -2.57. The van der Waals surface area contributed by atoms with E-state index in [1.54, 1.807) is 17.9 Å². The Morgan fingerprint density at radius 1 is 1.36 bits per heavy atom. The normalized spacial score (nSPS) is 22.7. The second kappa shape index (κ2) is 6.38. The largest absolute Gasteiger partial charge is 0.508 e. The van der Waals surface area contributed by atoms with E-state index in [1.165, 1.54) is 0 Å². The van der Waals surface area contributed by atoms with Gasteiger partial charge in [0.05, 0.1) is 12.1 Å². The number of rotatable bonds is 2. The molecule has 0 spiro atoms. The average Bonchev–Trinajstić information content (AvgIpc) is 3.24. The number of nitrogens with one attached hydrogen (secondary N) is 1. The Bertz CT molecular complexity index is 788. The second-order valence-electron chi connectivity index (χ2n) is 6.76. The molecule has 2 N–H and O–H groups in total. The van der Waals surface area contributed by atoms with Crippen molar-refractivity contribution in [1.82, 2.24) is 20.4 Å². The lowest BCUT2D eigenvalue weighted by Gasteiger charge is -2.30. The van der Waals surface area contributed by atoms with Crippen molar-refractivity contribution in [3.63, 3.8) is 0 Å². The number of likely N-dealkylation sites (tertiary alicyclic amines) is 1. The number of nitrogens with zero attached hydrogens (tertiary/aromatic N) is 3. The lowest BCUT2D eigenvalue weighted by Crippen LogP contribution is -2.42. The molecule has 7 nitrogen and oxygen atoms in total. The Labute approximate surface area is 146 Å².